The third-order valence-corrected chi connectivity index (χ3v) is 14.1. The van der Waals surface area contributed by atoms with Gasteiger partial charge in [0.25, 0.3) is 18.4 Å². The summed E-state index contributed by atoms with van der Waals surface area (Å²) in [6.07, 6.45) is 3.81. The zero-order valence-corrected chi connectivity index (χ0v) is 24.2. The monoisotopic (exact) mass is 548 g/mol. The van der Waals surface area contributed by atoms with Crippen molar-refractivity contribution in [2.75, 3.05) is 13.2 Å². The van der Waals surface area contributed by atoms with E-state index in [1.54, 1.807) is 24.3 Å². The summed E-state index contributed by atoms with van der Waals surface area (Å²) in [5.41, 5.74) is 0.996. The van der Waals surface area contributed by atoms with Crippen molar-refractivity contribution in [2.24, 2.45) is 11.8 Å². The number of hydrogen-bond donors (Lipinski definition) is 0. The molecule has 0 saturated carbocycles. The molecule has 3 aromatic rings. The molecule has 200 valence electrons. The molecular weight excluding hydrogens is 512 g/mol. The molecule has 0 aromatic heterocycles. The molecule has 38 heavy (non-hydrogen) atoms. The fourth-order valence-electron chi connectivity index (χ4n) is 5.83. The Morgan fingerprint density at radius 1 is 0.763 bits per heavy atom. The molecule has 4 atom stereocenters. The summed E-state index contributed by atoms with van der Waals surface area (Å²) < 4.78 is 44.8. The minimum absolute atomic E-state index is 0.0140. The lowest BCUT2D eigenvalue weighted by Crippen LogP contribution is -2.67. The van der Waals surface area contributed by atoms with Crippen LogP contribution in [0.2, 0.25) is 5.04 Å². The van der Waals surface area contributed by atoms with Crippen LogP contribution in [-0.2, 0) is 23.5 Å². The summed E-state index contributed by atoms with van der Waals surface area (Å²) in [5, 5.41) is 2.28. The van der Waals surface area contributed by atoms with Crippen molar-refractivity contribution in [3.63, 3.8) is 0 Å². The highest BCUT2D eigenvalue weighted by molar-refractivity contribution is 7.86. The van der Waals surface area contributed by atoms with Gasteiger partial charge in [-0.1, -0.05) is 111 Å². The fraction of sp³-hybridized carbons (Fsp3) is 0.355. The van der Waals surface area contributed by atoms with Crippen molar-refractivity contribution in [1.29, 1.82) is 0 Å². The van der Waals surface area contributed by atoms with Crippen LogP contribution < -0.4 is 10.4 Å². The maximum Gasteiger partial charge on any atom is 0.296 e. The lowest BCUT2D eigenvalue weighted by atomic mass is 9.84. The molecular formula is C31H36O5SSi. The van der Waals surface area contributed by atoms with Crippen LogP contribution in [0.1, 0.15) is 26.3 Å². The van der Waals surface area contributed by atoms with Crippen LogP contribution in [0, 0.1) is 18.8 Å². The van der Waals surface area contributed by atoms with E-state index in [2.05, 4.69) is 75.4 Å². The van der Waals surface area contributed by atoms with Crippen molar-refractivity contribution >= 4 is 28.8 Å². The molecule has 0 unspecified atom stereocenters. The summed E-state index contributed by atoms with van der Waals surface area (Å²) >= 11 is 0. The second-order valence-corrected chi connectivity index (χ2v) is 17.2. The van der Waals surface area contributed by atoms with Gasteiger partial charge >= 0.3 is 0 Å². The molecule has 0 spiro atoms. The van der Waals surface area contributed by atoms with Crippen molar-refractivity contribution in [2.45, 2.75) is 49.8 Å². The first-order valence-corrected chi connectivity index (χ1v) is 16.5. The van der Waals surface area contributed by atoms with Gasteiger partial charge in [0.1, 0.15) is 0 Å². The molecule has 1 saturated heterocycles. The van der Waals surface area contributed by atoms with Crippen LogP contribution in [-0.4, -0.2) is 42.2 Å². The lowest BCUT2D eigenvalue weighted by molar-refractivity contribution is 0.0931. The summed E-state index contributed by atoms with van der Waals surface area (Å²) in [6.45, 7) is 9.20. The first-order chi connectivity index (χ1) is 18.1. The largest absolute Gasteiger partial charge is 0.407 e. The molecule has 2 aliphatic rings. The van der Waals surface area contributed by atoms with E-state index in [-0.39, 0.29) is 40.6 Å². The Labute approximate surface area is 227 Å². The third-order valence-electron chi connectivity index (χ3n) is 7.83. The molecule has 1 fully saturated rings. The second kappa shape index (κ2) is 10.5. The van der Waals surface area contributed by atoms with Gasteiger partial charge in [-0.2, -0.15) is 8.42 Å². The quantitative estimate of drug-likeness (QED) is 0.217. The minimum Gasteiger partial charge on any atom is -0.407 e. The zero-order valence-electron chi connectivity index (χ0n) is 22.4. The van der Waals surface area contributed by atoms with Crippen LogP contribution >= 0.6 is 0 Å². The Bertz CT molecular complexity index is 1330. The summed E-state index contributed by atoms with van der Waals surface area (Å²) in [5.74, 6) is -0.136. The highest BCUT2D eigenvalue weighted by Crippen LogP contribution is 2.42. The molecule has 7 heteroatoms. The smallest absolute Gasteiger partial charge is 0.296 e. The van der Waals surface area contributed by atoms with Gasteiger partial charge in [-0.3, -0.25) is 4.18 Å². The van der Waals surface area contributed by atoms with E-state index in [1.165, 1.54) is 10.4 Å². The zero-order chi connectivity index (χ0) is 27.0. The van der Waals surface area contributed by atoms with E-state index in [0.717, 1.165) is 5.56 Å². The first-order valence-electron chi connectivity index (χ1n) is 13.2. The van der Waals surface area contributed by atoms with Gasteiger partial charge < -0.3 is 9.16 Å². The standard InChI is InChI=1S/C31H36O5SSi/c1-23-15-17-24(18-16-23)37(32,33)34-21-27-28(30-20-19-29(27)36-30)22-35-38(31(2,3)4,25-11-7-5-8-12-25)26-13-9-6-10-14-26/h5-20,27-30H,21-22H2,1-4H3/t27-,28+,29+,30-/m0/s1. The number of aryl methyl sites for hydroxylation is 1. The van der Waals surface area contributed by atoms with Crippen molar-refractivity contribution in [3.05, 3.63) is 103 Å². The highest BCUT2D eigenvalue weighted by Gasteiger charge is 2.53. The molecule has 2 bridgehead atoms. The SMILES string of the molecule is Cc1ccc(S(=O)(=O)OC[C@H]2[C@@H](CO[Si](c3ccccc3)(c3ccccc3)C(C)(C)C)[C@@H]3C=C[C@H]2O3)cc1. The maximum absolute atomic E-state index is 12.9. The average molecular weight is 549 g/mol. The van der Waals surface area contributed by atoms with E-state index in [4.69, 9.17) is 13.3 Å². The van der Waals surface area contributed by atoms with Crippen molar-refractivity contribution in [1.82, 2.24) is 0 Å². The molecule has 0 N–H and O–H groups in total. The van der Waals surface area contributed by atoms with Crippen LogP contribution in [0.3, 0.4) is 0 Å². The molecule has 5 nitrogen and oxygen atoms in total. The second-order valence-electron chi connectivity index (χ2n) is 11.3. The Balaban J connectivity index is 1.42. The van der Waals surface area contributed by atoms with E-state index in [9.17, 15) is 8.42 Å². The molecule has 2 aliphatic heterocycles. The van der Waals surface area contributed by atoms with Crippen molar-refractivity contribution in [3.8, 4) is 0 Å². The predicted molar refractivity (Wildman–Crippen MR) is 153 cm³/mol. The van der Waals surface area contributed by atoms with Gasteiger partial charge in [-0.05, 0) is 34.5 Å². The van der Waals surface area contributed by atoms with E-state index < -0.39 is 18.4 Å². The molecule has 0 radical (unpaired) electrons. The number of benzene rings is 3. The Morgan fingerprint density at radius 2 is 1.26 bits per heavy atom. The molecule has 0 amide bonds. The van der Waals surface area contributed by atoms with Crippen LogP contribution in [0.15, 0.2) is 102 Å². The average Bonchev–Trinajstić information content (AvgIpc) is 3.51. The topological polar surface area (TPSA) is 61.8 Å². The molecule has 5 rings (SSSR count). The number of fused-ring (bicyclic) bond motifs is 2. The summed E-state index contributed by atoms with van der Waals surface area (Å²) in [7, 11) is -6.60. The normalized spacial score (nSPS) is 23.2. The molecule has 0 aliphatic carbocycles. The fourth-order valence-corrected chi connectivity index (χ4v) is 11.4. The van der Waals surface area contributed by atoms with Gasteiger partial charge in [0.2, 0.25) is 0 Å². The van der Waals surface area contributed by atoms with Gasteiger partial charge in [-0.15, -0.1) is 0 Å². The van der Waals surface area contributed by atoms with E-state index in [0.29, 0.717) is 6.61 Å². The summed E-state index contributed by atoms with van der Waals surface area (Å²) in [6, 6.07) is 27.8. The van der Waals surface area contributed by atoms with Gasteiger partial charge in [0.05, 0.1) is 23.7 Å². The molecule has 2 heterocycles. The van der Waals surface area contributed by atoms with E-state index >= 15 is 0 Å². The number of ether oxygens (including phenoxy) is 1. The molecule has 3 aromatic carbocycles. The van der Waals surface area contributed by atoms with Crippen LogP contribution in [0.4, 0.5) is 0 Å². The highest BCUT2D eigenvalue weighted by atomic mass is 32.2. The summed E-state index contributed by atoms with van der Waals surface area (Å²) in [4.78, 5) is 0.169. The van der Waals surface area contributed by atoms with Crippen LogP contribution in [0.5, 0.6) is 0 Å². The van der Waals surface area contributed by atoms with Gasteiger partial charge in [-0.25, -0.2) is 0 Å². The number of rotatable bonds is 9. The Kier molecular flexibility index (Phi) is 7.50. The van der Waals surface area contributed by atoms with Gasteiger partial charge in [0.15, 0.2) is 0 Å². The minimum atomic E-state index is -3.87. The van der Waals surface area contributed by atoms with Crippen molar-refractivity contribution < 1.29 is 21.8 Å². The van der Waals surface area contributed by atoms with Gasteiger partial charge in [0, 0.05) is 18.4 Å². The van der Waals surface area contributed by atoms with Crippen LogP contribution in [0.25, 0.3) is 0 Å². The first kappa shape index (κ1) is 27.0. The third kappa shape index (κ3) is 5.06. The maximum atomic E-state index is 12.9. The lowest BCUT2D eigenvalue weighted by Gasteiger charge is -2.44. The number of hydrogen-bond acceptors (Lipinski definition) is 5. The Morgan fingerprint density at radius 3 is 1.76 bits per heavy atom. The predicted octanol–water partition coefficient (Wildman–Crippen LogP) is 4.85. The van der Waals surface area contributed by atoms with E-state index in [1.807, 2.05) is 25.1 Å². The Hall–Kier alpha value is -2.55.